The van der Waals surface area contributed by atoms with E-state index in [9.17, 15) is 0 Å². The number of anilines is 2. The zero-order valence-corrected chi connectivity index (χ0v) is 17.6. The van der Waals surface area contributed by atoms with Crippen LogP contribution in [0, 0.1) is 0 Å². The molecular formula is C18H24Cl2N6O2. The van der Waals surface area contributed by atoms with Crippen LogP contribution >= 0.6 is 23.2 Å². The molecule has 2 fully saturated rings. The topological polar surface area (TPSA) is 76.5 Å². The molecule has 0 radical (unpaired) electrons. The second-order valence-corrected chi connectivity index (χ2v) is 7.85. The van der Waals surface area contributed by atoms with E-state index in [4.69, 9.17) is 32.7 Å². The lowest BCUT2D eigenvalue weighted by Gasteiger charge is -2.34. The molecule has 0 N–H and O–H groups in total. The minimum Gasteiger partial charge on any atom is -0.381 e. The van der Waals surface area contributed by atoms with Crippen LogP contribution in [0.4, 0.5) is 11.6 Å². The fourth-order valence-corrected chi connectivity index (χ4v) is 4.31. The molecule has 0 atom stereocenters. The predicted molar refractivity (Wildman–Crippen MR) is 110 cm³/mol. The second kappa shape index (κ2) is 8.49. The first kappa shape index (κ1) is 19.8. The summed E-state index contributed by atoms with van der Waals surface area (Å²) in [5, 5.41) is 0.380. The normalized spacial score (nSPS) is 19.6. The van der Waals surface area contributed by atoms with Gasteiger partial charge >= 0.3 is 0 Å². The molecule has 0 bridgehead atoms. The average Bonchev–Trinajstić information content (AvgIpc) is 2.73. The Hall–Kier alpha value is -1.48. The van der Waals surface area contributed by atoms with Gasteiger partial charge in [-0.25, -0.2) is 9.97 Å². The summed E-state index contributed by atoms with van der Waals surface area (Å²) in [6.45, 7) is 3.27. The van der Waals surface area contributed by atoms with Crippen LogP contribution < -0.4 is 9.80 Å². The lowest BCUT2D eigenvalue weighted by Crippen LogP contribution is -2.38. The van der Waals surface area contributed by atoms with Gasteiger partial charge in [0.15, 0.2) is 11.6 Å². The van der Waals surface area contributed by atoms with E-state index >= 15 is 0 Å². The molecule has 0 spiro atoms. The quantitative estimate of drug-likeness (QED) is 0.690. The number of ether oxygens (including phenoxy) is 2. The highest BCUT2D eigenvalue weighted by Crippen LogP contribution is 2.33. The number of halogens is 2. The molecule has 0 unspecified atom stereocenters. The van der Waals surface area contributed by atoms with Crippen LogP contribution in [-0.2, 0) is 9.47 Å². The van der Waals surface area contributed by atoms with Gasteiger partial charge in [-0.1, -0.05) is 0 Å². The summed E-state index contributed by atoms with van der Waals surface area (Å²) < 4.78 is 10.9. The Morgan fingerprint density at radius 1 is 0.679 bits per heavy atom. The minimum absolute atomic E-state index is 0.190. The highest BCUT2D eigenvalue weighted by molar-refractivity contribution is 6.30. The molecule has 8 nitrogen and oxygen atoms in total. The third-order valence-corrected chi connectivity index (χ3v) is 5.94. The lowest BCUT2D eigenvalue weighted by molar-refractivity contribution is 0.0817. The van der Waals surface area contributed by atoms with Crippen molar-refractivity contribution in [3.8, 4) is 0 Å². The molecule has 2 saturated heterocycles. The number of methoxy groups -OCH3 is 2. The molecule has 2 aromatic heterocycles. The molecule has 2 aromatic rings. The predicted octanol–water partition coefficient (Wildman–Crippen LogP) is 2.96. The maximum atomic E-state index is 6.29. The first-order valence-electron chi connectivity index (χ1n) is 9.55. The first-order chi connectivity index (χ1) is 13.6. The zero-order chi connectivity index (χ0) is 19.7. The molecule has 10 heteroatoms. The van der Waals surface area contributed by atoms with E-state index in [1.54, 1.807) is 14.2 Å². The molecule has 0 amide bonds. The van der Waals surface area contributed by atoms with Crippen molar-refractivity contribution in [2.24, 2.45) is 0 Å². The van der Waals surface area contributed by atoms with Gasteiger partial charge in [0.1, 0.15) is 11.0 Å². The monoisotopic (exact) mass is 426 g/mol. The summed E-state index contributed by atoms with van der Waals surface area (Å²) in [5.74, 6) is 1.42. The molecule has 4 heterocycles. The van der Waals surface area contributed by atoms with Crippen LogP contribution in [0.15, 0.2) is 0 Å². The molecule has 0 saturated carbocycles. The van der Waals surface area contributed by atoms with E-state index in [2.05, 4.69) is 29.7 Å². The molecule has 2 aliphatic heterocycles. The van der Waals surface area contributed by atoms with Crippen LogP contribution in [0.25, 0.3) is 11.0 Å². The van der Waals surface area contributed by atoms with E-state index in [0.717, 1.165) is 51.9 Å². The number of aromatic nitrogens is 4. The van der Waals surface area contributed by atoms with Gasteiger partial charge in [-0.05, 0) is 48.9 Å². The van der Waals surface area contributed by atoms with Crippen molar-refractivity contribution >= 4 is 45.9 Å². The number of fused-ring (bicyclic) bond motifs is 1. The number of hydrogen-bond acceptors (Lipinski definition) is 8. The van der Waals surface area contributed by atoms with E-state index < -0.39 is 0 Å². The van der Waals surface area contributed by atoms with Gasteiger partial charge in [0.2, 0.25) is 10.6 Å². The number of rotatable bonds is 4. The zero-order valence-electron chi connectivity index (χ0n) is 16.1. The van der Waals surface area contributed by atoms with Crippen LogP contribution in [0.2, 0.25) is 10.6 Å². The Balaban J connectivity index is 1.72. The highest BCUT2D eigenvalue weighted by atomic mass is 35.5. The average molecular weight is 427 g/mol. The van der Waals surface area contributed by atoms with Crippen molar-refractivity contribution in [1.29, 1.82) is 0 Å². The van der Waals surface area contributed by atoms with Gasteiger partial charge in [0.05, 0.1) is 12.2 Å². The van der Waals surface area contributed by atoms with Crippen molar-refractivity contribution in [2.45, 2.75) is 37.9 Å². The van der Waals surface area contributed by atoms with E-state index in [1.165, 1.54) is 0 Å². The fourth-order valence-electron chi connectivity index (χ4n) is 3.98. The van der Waals surface area contributed by atoms with Gasteiger partial charge in [0, 0.05) is 40.4 Å². The number of hydrogen-bond donors (Lipinski definition) is 0. The van der Waals surface area contributed by atoms with Crippen LogP contribution in [0.3, 0.4) is 0 Å². The Kier molecular flexibility index (Phi) is 6.01. The Morgan fingerprint density at radius 2 is 1.04 bits per heavy atom. The second-order valence-electron chi connectivity index (χ2n) is 7.17. The fraction of sp³-hybridized carbons (Fsp3) is 0.667. The lowest BCUT2D eigenvalue weighted by atomic mass is 10.1. The molecule has 28 heavy (non-hydrogen) atoms. The van der Waals surface area contributed by atoms with Crippen LogP contribution in [-0.4, -0.2) is 72.5 Å². The van der Waals surface area contributed by atoms with Crippen molar-refractivity contribution in [3.63, 3.8) is 0 Å². The van der Waals surface area contributed by atoms with Crippen LogP contribution in [0.1, 0.15) is 25.7 Å². The molecule has 4 rings (SSSR count). The van der Waals surface area contributed by atoms with Gasteiger partial charge in [-0.15, -0.1) is 0 Å². The standard InChI is InChI=1S/C18H24Cl2N6O2/c1-27-11-3-7-25(8-4-11)15-13-14(22-17(19)23-15)16(24-18(20)21-13)26-9-5-12(28-2)6-10-26/h11-12H,3-10H2,1-2H3. The summed E-state index contributed by atoms with van der Waals surface area (Å²) in [6.07, 6.45) is 4.25. The van der Waals surface area contributed by atoms with Crippen molar-refractivity contribution in [1.82, 2.24) is 19.9 Å². The molecule has 0 aliphatic carbocycles. The Labute approximate surface area is 174 Å². The largest absolute Gasteiger partial charge is 0.381 e. The van der Waals surface area contributed by atoms with E-state index in [-0.39, 0.29) is 22.8 Å². The molecule has 152 valence electrons. The summed E-state index contributed by atoms with van der Waals surface area (Å²) in [7, 11) is 3.51. The number of nitrogens with zero attached hydrogens (tertiary/aromatic N) is 6. The van der Waals surface area contributed by atoms with Gasteiger partial charge in [-0.3, -0.25) is 0 Å². The van der Waals surface area contributed by atoms with E-state index in [1.807, 2.05) is 0 Å². The SMILES string of the molecule is COC1CCN(c2nc(Cl)nc3c(N4CCC(OC)CC4)nc(Cl)nc23)CC1. The van der Waals surface area contributed by atoms with Crippen molar-refractivity contribution in [3.05, 3.63) is 10.6 Å². The van der Waals surface area contributed by atoms with Crippen molar-refractivity contribution < 1.29 is 9.47 Å². The maximum Gasteiger partial charge on any atom is 0.225 e. The molecular weight excluding hydrogens is 403 g/mol. The summed E-state index contributed by atoms with van der Waals surface area (Å²) in [5.41, 5.74) is 1.29. The Morgan fingerprint density at radius 3 is 1.36 bits per heavy atom. The molecule has 0 aromatic carbocycles. The number of piperidine rings is 2. The van der Waals surface area contributed by atoms with Gasteiger partial charge in [-0.2, -0.15) is 9.97 Å². The van der Waals surface area contributed by atoms with Crippen molar-refractivity contribution in [2.75, 3.05) is 50.2 Å². The molecule has 2 aliphatic rings. The third kappa shape index (κ3) is 3.96. The minimum atomic E-state index is 0.190. The maximum absolute atomic E-state index is 6.29. The smallest absolute Gasteiger partial charge is 0.225 e. The first-order valence-corrected chi connectivity index (χ1v) is 10.3. The van der Waals surface area contributed by atoms with Crippen LogP contribution in [0.5, 0.6) is 0 Å². The van der Waals surface area contributed by atoms with E-state index in [0.29, 0.717) is 22.7 Å². The summed E-state index contributed by atoms with van der Waals surface area (Å²) >= 11 is 12.6. The summed E-state index contributed by atoms with van der Waals surface area (Å²) in [4.78, 5) is 22.2. The third-order valence-electron chi connectivity index (χ3n) is 5.60. The Bertz CT molecular complexity index is 769. The highest BCUT2D eigenvalue weighted by Gasteiger charge is 2.27. The summed E-state index contributed by atoms with van der Waals surface area (Å²) in [6, 6.07) is 0. The van der Waals surface area contributed by atoms with Gasteiger partial charge in [0.25, 0.3) is 0 Å². The van der Waals surface area contributed by atoms with Gasteiger partial charge < -0.3 is 19.3 Å².